The lowest BCUT2D eigenvalue weighted by Crippen LogP contribution is -2.28. The third-order valence-electron chi connectivity index (χ3n) is 6.71. The van der Waals surface area contributed by atoms with Crippen molar-refractivity contribution >= 4 is 5.97 Å². The van der Waals surface area contributed by atoms with Crippen LogP contribution in [0.4, 0.5) is 8.78 Å². The maximum Gasteiger partial charge on any atom is 0.337 e. The molecule has 0 unspecified atom stereocenters. The zero-order valence-electron chi connectivity index (χ0n) is 21.7. The van der Waals surface area contributed by atoms with E-state index in [4.69, 9.17) is 4.74 Å². The average Bonchev–Trinajstić information content (AvgIpc) is 3.18. The summed E-state index contributed by atoms with van der Waals surface area (Å²) >= 11 is 0. The van der Waals surface area contributed by atoms with Gasteiger partial charge in [0.1, 0.15) is 11.6 Å². The van der Waals surface area contributed by atoms with E-state index in [9.17, 15) is 18.7 Å². The molecule has 0 amide bonds. The van der Waals surface area contributed by atoms with Crippen LogP contribution in [-0.4, -0.2) is 21.6 Å². The summed E-state index contributed by atoms with van der Waals surface area (Å²) in [6, 6.07) is 11.7. The summed E-state index contributed by atoms with van der Waals surface area (Å²) in [6.07, 6.45) is -1.14. The molecular weight excluding hydrogens is 460 g/mol. The van der Waals surface area contributed by atoms with Gasteiger partial charge in [0.15, 0.2) is 6.10 Å². The molecule has 0 saturated carbocycles. The van der Waals surface area contributed by atoms with Crippen LogP contribution < -0.4 is 0 Å². The molecule has 4 rings (SSSR count). The van der Waals surface area contributed by atoms with E-state index >= 15 is 0 Å². The first kappa shape index (κ1) is 26.0. The highest BCUT2D eigenvalue weighted by atomic mass is 19.1. The summed E-state index contributed by atoms with van der Waals surface area (Å²) in [7, 11) is 0. The largest absolute Gasteiger partial charge is 0.479 e. The lowest BCUT2D eigenvalue weighted by atomic mass is 9.83. The molecule has 190 valence electrons. The summed E-state index contributed by atoms with van der Waals surface area (Å²) < 4.78 is 33.7. The number of benzene rings is 3. The second-order valence-corrected chi connectivity index (χ2v) is 10.7. The van der Waals surface area contributed by atoms with Gasteiger partial charge in [-0.15, -0.1) is 0 Å². The van der Waals surface area contributed by atoms with Crippen molar-refractivity contribution in [3.05, 3.63) is 93.0 Å². The molecule has 4 nitrogen and oxygen atoms in total. The fourth-order valence-corrected chi connectivity index (χ4v) is 5.17. The highest BCUT2D eigenvalue weighted by molar-refractivity contribution is 5.84. The van der Waals surface area contributed by atoms with Crippen LogP contribution in [0.2, 0.25) is 0 Å². The van der Waals surface area contributed by atoms with Gasteiger partial charge in [0.2, 0.25) is 0 Å². The van der Waals surface area contributed by atoms with Gasteiger partial charge in [-0.25, -0.2) is 13.6 Å². The van der Waals surface area contributed by atoms with Crippen molar-refractivity contribution in [1.29, 1.82) is 0 Å². The van der Waals surface area contributed by atoms with Crippen LogP contribution in [-0.2, 0) is 29.2 Å². The molecule has 1 atom stereocenters. The average molecular weight is 494 g/mol. The molecule has 0 saturated heterocycles. The lowest BCUT2D eigenvalue weighted by molar-refractivity contribution is -0.160. The number of hydrogen-bond donors (Lipinski definition) is 1. The van der Waals surface area contributed by atoms with Crippen molar-refractivity contribution in [3.63, 3.8) is 0 Å². The number of hydrogen-bond acceptors (Lipinski definition) is 3. The number of aryl methyl sites for hydroxylation is 1. The minimum absolute atomic E-state index is 0.387. The Morgan fingerprint density at radius 1 is 0.972 bits per heavy atom. The van der Waals surface area contributed by atoms with Gasteiger partial charge in [-0.3, -0.25) is 4.90 Å². The maximum atomic E-state index is 13.8. The van der Waals surface area contributed by atoms with E-state index < -0.39 is 29.3 Å². The van der Waals surface area contributed by atoms with Gasteiger partial charge in [-0.1, -0.05) is 29.8 Å². The molecule has 1 heterocycles. The molecule has 1 aliphatic rings. The summed E-state index contributed by atoms with van der Waals surface area (Å²) in [6.45, 7) is 13.1. The number of aliphatic carboxylic acids is 1. The lowest BCUT2D eigenvalue weighted by Gasteiger charge is -2.30. The summed E-state index contributed by atoms with van der Waals surface area (Å²) in [4.78, 5) is 14.7. The molecule has 0 aromatic heterocycles. The number of fused-ring (bicyclic) bond motifs is 1. The van der Waals surface area contributed by atoms with Crippen LogP contribution in [0, 0.1) is 32.4 Å². The van der Waals surface area contributed by atoms with Crippen molar-refractivity contribution in [2.75, 3.05) is 0 Å². The van der Waals surface area contributed by atoms with E-state index in [0.717, 1.165) is 45.0 Å². The SMILES string of the molecule is Cc1ccc(-c2c(C)c3c(c(C)c2[C@H](OC(C)(C)C)C(=O)O)CN(Cc2cc(F)cc(F)c2)C3)cc1. The highest BCUT2D eigenvalue weighted by Crippen LogP contribution is 2.43. The van der Waals surface area contributed by atoms with Crippen LogP contribution in [0.1, 0.15) is 65.8 Å². The Morgan fingerprint density at radius 2 is 1.53 bits per heavy atom. The molecule has 36 heavy (non-hydrogen) atoms. The van der Waals surface area contributed by atoms with Gasteiger partial charge in [0, 0.05) is 31.3 Å². The van der Waals surface area contributed by atoms with E-state index in [0.29, 0.717) is 30.8 Å². The molecule has 0 bridgehead atoms. The van der Waals surface area contributed by atoms with Gasteiger partial charge in [-0.05, 0) is 92.6 Å². The number of carboxylic acid groups (broad SMARTS) is 1. The number of carbonyl (C=O) groups is 1. The normalized spacial score (nSPS) is 14.7. The Labute approximate surface area is 211 Å². The summed E-state index contributed by atoms with van der Waals surface area (Å²) in [5.41, 5.74) is 7.57. The first-order chi connectivity index (χ1) is 16.8. The van der Waals surface area contributed by atoms with E-state index in [1.54, 1.807) is 0 Å². The van der Waals surface area contributed by atoms with E-state index in [-0.39, 0.29) is 0 Å². The monoisotopic (exact) mass is 493 g/mol. The predicted octanol–water partition coefficient (Wildman–Crippen LogP) is 7.01. The van der Waals surface area contributed by atoms with E-state index in [1.165, 1.54) is 12.1 Å². The topological polar surface area (TPSA) is 49.8 Å². The van der Waals surface area contributed by atoms with Crippen LogP contribution in [0.15, 0.2) is 42.5 Å². The molecular formula is C30H33F2NO3. The second kappa shape index (κ2) is 9.75. The number of halogens is 2. The van der Waals surface area contributed by atoms with Crippen LogP contribution >= 0.6 is 0 Å². The molecule has 0 spiro atoms. The zero-order chi connectivity index (χ0) is 26.4. The highest BCUT2D eigenvalue weighted by Gasteiger charge is 2.35. The second-order valence-electron chi connectivity index (χ2n) is 10.7. The smallest absolute Gasteiger partial charge is 0.337 e. The molecule has 1 N–H and O–H groups in total. The third-order valence-corrected chi connectivity index (χ3v) is 6.71. The van der Waals surface area contributed by atoms with Crippen molar-refractivity contribution in [2.24, 2.45) is 0 Å². The Bertz CT molecular complexity index is 1290. The minimum atomic E-state index is -1.14. The first-order valence-corrected chi connectivity index (χ1v) is 12.1. The van der Waals surface area contributed by atoms with Gasteiger partial charge >= 0.3 is 5.97 Å². The number of ether oxygens (including phenoxy) is 1. The van der Waals surface area contributed by atoms with E-state index in [2.05, 4.69) is 4.90 Å². The van der Waals surface area contributed by atoms with Crippen LogP contribution in [0.25, 0.3) is 11.1 Å². The van der Waals surface area contributed by atoms with Crippen molar-refractivity contribution in [3.8, 4) is 11.1 Å². The zero-order valence-corrected chi connectivity index (χ0v) is 21.7. The number of rotatable bonds is 6. The van der Waals surface area contributed by atoms with Crippen molar-refractivity contribution in [1.82, 2.24) is 4.90 Å². The Balaban J connectivity index is 1.85. The summed E-state index contributed by atoms with van der Waals surface area (Å²) in [5.74, 6) is -2.23. The Hall–Kier alpha value is -3.09. The minimum Gasteiger partial charge on any atom is -0.479 e. The third kappa shape index (κ3) is 5.35. The quantitative estimate of drug-likeness (QED) is 0.401. The number of carboxylic acids is 1. The van der Waals surface area contributed by atoms with Crippen LogP contribution in [0.5, 0.6) is 0 Å². The van der Waals surface area contributed by atoms with Crippen molar-refractivity contribution in [2.45, 2.75) is 72.9 Å². The van der Waals surface area contributed by atoms with Gasteiger partial charge < -0.3 is 9.84 Å². The number of nitrogens with zero attached hydrogens (tertiary/aromatic N) is 1. The van der Waals surface area contributed by atoms with Gasteiger partial charge in [-0.2, -0.15) is 0 Å². The van der Waals surface area contributed by atoms with Crippen molar-refractivity contribution < 1.29 is 23.4 Å². The summed E-state index contributed by atoms with van der Waals surface area (Å²) in [5, 5.41) is 10.3. The Kier molecular flexibility index (Phi) is 7.04. The van der Waals surface area contributed by atoms with Gasteiger partial charge in [0.25, 0.3) is 0 Å². The standard InChI is InChI=1S/C30H33F2NO3/c1-17-7-9-21(10-8-17)26-18(2)24-15-33(14-20-11-22(31)13-23(32)12-20)16-25(24)19(3)27(26)28(29(34)35)36-30(4,5)6/h7-13,28H,14-16H2,1-6H3,(H,34,35)/t28-/m0/s1. The first-order valence-electron chi connectivity index (χ1n) is 12.1. The molecule has 6 heteroatoms. The maximum absolute atomic E-state index is 13.8. The molecule has 0 fully saturated rings. The molecule has 0 radical (unpaired) electrons. The fraction of sp³-hybridized carbons (Fsp3) is 0.367. The Morgan fingerprint density at radius 3 is 2.06 bits per heavy atom. The molecule has 0 aliphatic carbocycles. The molecule has 1 aliphatic heterocycles. The molecule has 3 aromatic rings. The van der Waals surface area contributed by atoms with Crippen LogP contribution in [0.3, 0.4) is 0 Å². The van der Waals surface area contributed by atoms with Gasteiger partial charge in [0.05, 0.1) is 5.60 Å². The fourth-order valence-electron chi connectivity index (χ4n) is 5.17. The van der Waals surface area contributed by atoms with E-state index in [1.807, 2.05) is 65.8 Å². The molecule has 3 aromatic carbocycles. The predicted molar refractivity (Wildman–Crippen MR) is 137 cm³/mol.